The predicted octanol–water partition coefficient (Wildman–Crippen LogP) is 0.764. The molecule has 14 heavy (non-hydrogen) atoms. The monoisotopic (exact) mass is 211 g/mol. The molecule has 1 aliphatic rings. The fourth-order valence-electron chi connectivity index (χ4n) is 1.68. The minimum absolute atomic E-state index is 0.0488. The van der Waals surface area contributed by atoms with Crippen molar-refractivity contribution in [1.29, 1.82) is 0 Å². The Balaban J connectivity index is 2.13. The van der Waals surface area contributed by atoms with Crippen molar-refractivity contribution in [3.63, 3.8) is 0 Å². The van der Waals surface area contributed by atoms with E-state index >= 15 is 0 Å². The van der Waals surface area contributed by atoms with E-state index in [4.69, 9.17) is 5.73 Å². The zero-order valence-electron chi connectivity index (χ0n) is 8.01. The third kappa shape index (κ3) is 1.53. The molecular weight excluding hydrogens is 198 g/mol. The molecule has 5 heteroatoms. The summed E-state index contributed by atoms with van der Waals surface area (Å²) in [4.78, 5) is 17.6. The van der Waals surface area contributed by atoms with Crippen LogP contribution in [0.5, 0.6) is 0 Å². The maximum absolute atomic E-state index is 11.6. The van der Waals surface area contributed by atoms with Gasteiger partial charge in [-0.05, 0) is 13.3 Å². The number of nitrogens with two attached hydrogens (primary N) is 1. The number of carbonyl (C=O) groups is 1. The van der Waals surface area contributed by atoms with E-state index in [0.717, 1.165) is 18.0 Å². The van der Waals surface area contributed by atoms with Gasteiger partial charge in [0.05, 0.1) is 12.1 Å². The Kier molecular flexibility index (Phi) is 2.52. The third-order valence-electron chi connectivity index (χ3n) is 2.56. The van der Waals surface area contributed by atoms with Crippen LogP contribution in [0, 0.1) is 0 Å². The number of likely N-dealkylation sites (tertiary alicyclic amines) is 1. The minimum Gasteiger partial charge on any atom is -0.332 e. The average Bonchev–Trinajstić information content (AvgIpc) is 2.77. The summed E-state index contributed by atoms with van der Waals surface area (Å²) < 4.78 is 0. The molecule has 4 nitrogen and oxygen atoms in total. The quantitative estimate of drug-likeness (QED) is 0.785. The number of nitrogens with zero attached hydrogens (tertiary/aromatic N) is 2. The lowest BCUT2D eigenvalue weighted by Crippen LogP contribution is -2.35. The van der Waals surface area contributed by atoms with Crippen molar-refractivity contribution in [2.24, 2.45) is 5.73 Å². The van der Waals surface area contributed by atoms with Crippen molar-refractivity contribution >= 4 is 17.2 Å². The molecule has 0 bridgehead atoms. The van der Waals surface area contributed by atoms with Gasteiger partial charge in [0, 0.05) is 18.1 Å². The van der Waals surface area contributed by atoms with E-state index < -0.39 is 0 Å². The zero-order valence-corrected chi connectivity index (χ0v) is 8.83. The first-order chi connectivity index (χ1) is 6.70. The first-order valence-electron chi connectivity index (χ1n) is 4.65. The molecule has 1 amide bonds. The molecule has 2 unspecified atom stereocenters. The fraction of sp³-hybridized carbons (Fsp3) is 0.556. The Morgan fingerprint density at radius 2 is 2.57 bits per heavy atom. The predicted molar refractivity (Wildman–Crippen MR) is 54.8 cm³/mol. The molecule has 76 valence electrons. The molecule has 0 aliphatic carbocycles. The lowest BCUT2D eigenvalue weighted by Gasteiger charge is -2.22. The van der Waals surface area contributed by atoms with Gasteiger partial charge in [0.2, 0.25) is 5.91 Å². The molecule has 0 radical (unpaired) electrons. The van der Waals surface area contributed by atoms with Gasteiger partial charge >= 0.3 is 0 Å². The van der Waals surface area contributed by atoms with Crippen LogP contribution < -0.4 is 5.73 Å². The summed E-state index contributed by atoms with van der Waals surface area (Å²) in [5, 5.41) is 2.90. The highest BCUT2D eigenvalue weighted by molar-refractivity contribution is 7.09. The second-order valence-corrected chi connectivity index (χ2v) is 4.40. The highest BCUT2D eigenvalue weighted by atomic mass is 32.1. The molecule has 0 saturated carbocycles. The van der Waals surface area contributed by atoms with Gasteiger partial charge in [-0.3, -0.25) is 4.79 Å². The molecule has 2 heterocycles. The summed E-state index contributed by atoms with van der Waals surface area (Å²) in [6, 6.07) is -0.242. The first-order valence-corrected chi connectivity index (χ1v) is 5.53. The van der Waals surface area contributed by atoms with Gasteiger partial charge in [0.25, 0.3) is 0 Å². The molecule has 0 aromatic carbocycles. The summed E-state index contributed by atoms with van der Waals surface area (Å²) in [5.74, 6) is 0.0488. The highest BCUT2D eigenvalue weighted by Gasteiger charge is 2.32. The maximum atomic E-state index is 11.6. The van der Waals surface area contributed by atoms with Gasteiger partial charge in [-0.2, -0.15) is 0 Å². The van der Waals surface area contributed by atoms with Crippen LogP contribution in [-0.4, -0.2) is 28.4 Å². The molecule has 1 fully saturated rings. The van der Waals surface area contributed by atoms with Gasteiger partial charge in [-0.15, -0.1) is 11.3 Å². The van der Waals surface area contributed by atoms with Crippen LogP contribution in [0.15, 0.2) is 11.6 Å². The molecular formula is C9H13N3OS. The number of rotatable bonds is 2. The van der Waals surface area contributed by atoms with E-state index in [0.29, 0.717) is 0 Å². The largest absolute Gasteiger partial charge is 0.332 e. The second-order valence-electron chi connectivity index (χ2n) is 3.47. The van der Waals surface area contributed by atoms with Crippen molar-refractivity contribution in [1.82, 2.24) is 9.88 Å². The van der Waals surface area contributed by atoms with E-state index in [1.54, 1.807) is 17.5 Å². The molecule has 1 aromatic rings. The number of carbonyl (C=O) groups excluding carboxylic acids is 1. The molecule has 0 spiro atoms. The van der Waals surface area contributed by atoms with Crippen molar-refractivity contribution in [3.05, 3.63) is 16.6 Å². The fourth-order valence-corrected chi connectivity index (χ4v) is 2.39. The average molecular weight is 211 g/mol. The number of hydrogen-bond acceptors (Lipinski definition) is 4. The Morgan fingerprint density at radius 1 is 1.79 bits per heavy atom. The van der Waals surface area contributed by atoms with Gasteiger partial charge < -0.3 is 10.6 Å². The number of amides is 1. The standard InChI is InChI=1S/C9H13N3OS/c1-6(8-11-3-5-14-8)12-4-2-7(10)9(12)13/h3,5-7H,2,4,10H2,1H3. The van der Waals surface area contributed by atoms with Crippen LogP contribution in [-0.2, 0) is 4.79 Å². The van der Waals surface area contributed by atoms with Gasteiger partial charge in [-0.25, -0.2) is 4.98 Å². The van der Waals surface area contributed by atoms with Crippen LogP contribution in [0.25, 0.3) is 0 Å². The lowest BCUT2D eigenvalue weighted by molar-refractivity contribution is -0.130. The van der Waals surface area contributed by atoms with Gasteiger partial charge in [0.15, 0.2) is 0 Å². The molecule has 1 saturated heterocycles. The third-order valence-corrected chi connectivity index (χ3v) is 3.50. The second kappa shape index (κ2) is 3.67. The summed E-state index contributed by atoms with van der Waals surface area (Å²) in [6.45, 7) is 2.75. The molecule has 2 N–H and O–H groups in total. The van der Waals surface area contributed by atoms with Crippen LogP contribution in [0.3, 0.4) is 0 Å². The van der Waals surface area contributed by atoms with Crippen molar-refractivity contribution in [2.45, 2.75) is 25.4 Å². The molecule has 2 rings (SSSR count). The van der Waals surface area contributed by atoms with Crippen molar-refractivity contribution in [2.75, 3.05) is 6.54 Å². The topological polar surface area (TPSA) is 59.2 Å². The van der Waals surface area contributed by atoms with E-state index in [2.05, 4.69) is 4.98 Å². The van der Waals surface area contributed by atoms with Crippen LogP contribution >= 0.6 is 11.3 Å². The van der Waals surface area contributed by atoms with Crippen LogP contribution in [0.1, 0.15) is 24.4 Å². The molecule has 1 aliphatic heterocycles. The number of aromatic nitrogens is 1. The minimum atomic E-state index is -0.308. The SMILES string of the molecule is CC(c1nccs1)N1CCC(N)C1=O. The van der Waals surface area contributed by atoms with Crippen LogP contribution in [0.4, 0.5) is 0 Å². The first kappa shape index (κ1) is 9.61. The molecule has 1 aromatic heterocycles. The van der Waals surface area contributed by atoms with Crippen molar-refractivity contribution in [3.8, 4) is 0 Å². The van der Waals surface area contributed by atoms with Crippen molar-refractivity contribution < 1.29 is 4.79 Å². The number of hydrogen-bond donors (Lipinski definition) is 1. The molecule has 2 atom stereocenters. The van der Waals surface area contributed by atoms with Crippen LogP contribution in [0.2, 0.25) is 0 Å². The summed E-state index contributed by atoms with van der Waals surface area (Å²) in [7, 11) is 0. The summed E-state index contributed by atoms with van der Waals surface area (Å²) >= 11 is 1.58. The Labute approximate surface area is 86.7 Å². The lowest BCUT2D eigenvalue weighted by atomic mass is 10.3. The Hall–Kier alpha value is -0.940. The Morgan fingerprint density at radius 3 is 3.07 bits per heavy atom. The maximum Gasteiger partial charge on any atom is 0.240 e. The van der Waals surface area contributed by atoms with Gasteiger partial charge in [-0.1, -0.05) is 0 Å². The highest BCUT2D eigenvalue weighted by Crippen LogP contribution is 2.26. The normalized spacial score (nSPS) is 24.3. The summed E-state index contributed by atoms with van der Waals surface area (Å²) in [6.07, 6.45) is 2.52. The zero-order chi connectivity index (χ0) is 10.1. The van der Waals surface area contributed by atoms with E-state index in [1.165, 1.54) is 0 Å². The summed E-state index contributed by atoms with van der Waals surface area (Å²) in [5.41, 5.74) is 5.65. The van der Waals surface area contributed by atoms with E-state index in [9.17, 15) is 4.79 Å². The Bertz CT molecular complexity index is 325. The smallest absolute Gasteiger partial charge is 0.240 e. The van der Waals surface area contributed by atoms with E-state index in [-0.39, 0.29) is 18.0 Å². The van der Waals surface area contributed by atoms with Gasteiger partial charge in [0.1, 0.15) is 5.01 Å². The van der Waals surface area contributed by atoms with E-state index in [1.807, 2.05) is 17.2 Å². The number of thiazole rings is 1.